The van der Waals surface area contributed by atoms with E-state index in [0.29, 0.717) is 26.6 Å². The second-order valence-corrected chi connectivity index (χ2v) is 9.32. The molecule has 3 N–H and O–H groups in total. The minimum absolute atomic E-state index is 0.243. The number of rotatable bonds is 6. The standard InChI is InChI=1S/C21H24FIN8/c1-14(23)12-18(26-13-24)30-10-6-15(7-11-30)27-21-28-20-17(5-3-9-31(20)29-21)16-4-2-8-25-19(16)22/h2-5,8-9,12-15H,6-7,10-11H2,1H3,(H2,24,26)(H,27,29)/b18-12+. The molecular weight excluding hydrogens is 510 g/mol. The zero-order chi connectivity index (χ0) is 21.8. The third kappa shape index (κ3) is 4.94. The Morgan fingerprint density at radius 1 is 1.32 bits per heavy atom. The van der Waals surface area contributed by atoms with Crippen LogP contribution >= 0.6 is 22.6 Å². The number of pyridine rings is 2. The first kappa shape index (κ1) is 21.5. The Morgan fingerprint density at radius 2 is 2.10 bits per heavy atom. The second kappa shape index (κ2) is 9.58. The van der Waals surface area contributed by atoms with Gasteiger partial charge < -0.3 is 16.0 Å². The van der Waals surface area contributed by atoms with Crippen molar-refractivity contribution in [3.05, 3.63) is 54.5 Å². The van der Waals surface area contributed by atoms with Crippen molar-refractivity contribution in [3.8, 4) is 11.1 Å². The molecule has 0 bridgehead atoms. The van der Waals surface area contributed by atoms with Gasteiger partial charge in [-0.15, -0.1) is 5.10 Å². The molecule has 1 aliphatic heterocycles. The predicted octanol–water partition coefficient (Wildman–Crippen LogP) is 3.46. The van der Waals surface area contributed by atoms with Gasteiger partial charge in [0.25, 0.3) is 0 Å². The molecule has 0 saturated carbocycles. The molecule has 1 saturated heterocycles. The van der Waals surface area contributed by atoms with Crippen LogP contribution in [-0.2, 0) is 0 Å². The van der Waals surface area contributed by atoms with Crippen LogP contribution in [0.25, 0.3) is 16.8 Å². The van der Waals surface area contributed by atoms with Gasteiger partial charge in [0.1, 0.15) is 5.82 Å². The summed E-state index contributed by atoms with van der Waals surface area (Å²) in [6.45, 7) is 3.84. The van der Waals surface area contributed by atoms with Crippen molar-refractivity contribution in [2.75, 3.05) is 18.4 Å². The molecule has 0 radical (unpaired) electrons. The first-order valence-corrected chi connectivity index (χ1v) is 11.4. The zero-order valence-corrected chi connectivity index (χ0v) is 19.3. The number of nitrogens with two attached hydrogens (primary N) is 1. The van der Waals surface area contributed by atoms with E-state index in [1.165, 1.54) is 12.5 Å². The Bertz CT molecular complexity index is 1100. The summed E-state index contributed by atoms with van der Waals surface area (Å²) in [5.74, 6) is 0.925. The van der Waals surface area contributed by atoms with E-state index >= 15 is 0 Å². The fourth-order valence-electron chi connectivity index (χ4n) is 3.71. The maximum atomic E-state index is 14.2. The number of halogens is 2. The molecule has 4 heterocycles. The lowest BCUT2D eigenvalue weighted by Crippen LogP contribution is -2.38. The number of piperidine rings is 1. The van der Waals surface area contributed by atoms with Crippen molar-refractivity contribution in [1.29, 1.82) is 0 Å². The number of hydrogen-bond donors (Lipinski definition) is 2. The van der Waals surface area contributed by atoms with Crippen LogP contribution in [0.3, 0.4) is 0 Å². The molecular formula is C21H24FIN8. The SMILES string of the molecule is CC(I)/C=C(\N=C/N)N1CCC(Nc2nc3c(-c4cccnc4F)cccn3n2)CC1. The van der Waals surface area contributed by atoms with E-state index in [4.69, 9.17) is 5.73 Å². The number of nitrogens with one attached hydrogen (secondary N) is 1. The van der Waals surface area contributed by atoms with Crippen LogP contribution < -0.4 is 11.1 Å². The van der Waals surface area contributed by atoms with E-state index < -0.39 is 5.95 Å². The van der Waals surface area contributed by atoms with Crippen LogP contribution in [0.15, 0.2) is 53.5 Å². The van der Waals surface area contributed by atoms with Gasteiger partial charge >= 0.3 is 0 Å². The van der Waals surface area contributed by atoms with E-state index in [0.717, 1.165) is 31.8 Å². The highest BCUT2D eigenvalue weighted by atomic mass is 127. The van der Waals surface area contributed by atoms with Crippen LogP contribution in [0.1, 0.15) is 19.8 Å². The van der Waals surface area contributed by atoms with Crippen LogP contribution in [-0.4, -0.2) is 53.9 Å². The van der Waals surface area contributed by atoms with Gasteiger partial charge in [-0.05, 0) is 50.1 Å². The summed E-state index contributed by atoms with van der Waals surface area (Å²) < 4.78 is 16.2. The monoisotopic (exact) mass is 534 g/mol. The van der Waals surface area contributed by atoms with Crippen LogP contribution in [0, 0.1) is 5.95 Å². The maximum absolute atomic E-state index is 14.2. The molecule has 8 nitrogen and oxygen atoms in total. The molecule has 3 aromatic heterocycles. The van der Waals surface area contributed by atoms with Crippen LogP contribution in [0.2, 0.25) is 0 Å². The van der Waals surface area contributed by atoms with E-state index in [-0.39, 0.29) is 6.04 Å². The molecule has 162 valence electrons. The number of fused-ring (bicyclic) bond motifs is 1. The first-order chi connectivity index (χ1) is 15.0. The van der Waals surface area contributed by atoms with Gasteiger partial charge in [0.05, 0.1) is 6.34 Å². The lowest BCUT2D eigenvalue weighted by Gasteiger charge is -2.33. The Morgan fingerprint density at radius 3 is 2.81 bits per heavy atom. The normalized spacial score (nSPS) is 16.9. The van der Waals surface area contributed by atoms with E-state index in [9.17, 15) is 4.39 Å². The Labute approximate surface area is 193 Å². The number of hydrogen-bond acceptors (Lipinski definition) is 6. The zero-order valence-electron chi connectivity index (χ0n) is 17.1. The third-order valence-electron chi connectivity index (χ3n) is 5.15. The summed E-state index contributed by atoms with van der Waals surface area (Å²) in [6.07, 6.45) is 8.54. The highest BCUT2D eigenvalue weighted by Gasteiger charge is 2.22. The summed E-state index contributed by atoms with van der Waals surface area (Å²) in [6, 6.07) is 7.30. The average molecular weight is 534 g/mol. The number of anilines is 1. The van der Waals surface area contributed by atoms with E-state index in [1.54, 1.807) is 22.8 Å². The molecule has 1 unspecified atom stereocenters. The average Bonchev–Trinajstić information content (AvgIpc) is 3.17. The minimum atomic E-state index is -0.523. The molecule has 1 atom stereocenters. The minimum Gasteiger partial charge on any atom is -0.390 e. The molecule has 1 aliphatic rings. The van der Waals surface area contributed by atoms with Crippen molar-refractivity contribution >= 4 is 40.5 Å². The molecule has 1 fully saturated rings. The van der Waals surface area contributed by atoms with Gasteiger partial charge in [0.2, 0.25) is 11.9 Å². The van der Waals surface area contributed by atoms with Gasteiger partial charge in [-0.3, -0.25) is 0 Å². The van der Waals surface area contributed by atoms with Crippen LogP contribution in [0.5, 0.6) is 0 Å². The number of allylic oxidation sites excluding steroid dienone is 1. The third-order valence-corrected chi connectivity index (χ3v) is 5.51. The number of nitrogens with zero attached hydrogens (tertiary/aromatic N) is 6. The highest BCUT2D eigenvalue weighted by molar-refractivity contribution is 14.1. The highest BCUT2D eigenvalue weighted by Crippen LogP contribution is 2.26. The lowest BCUT2D eigenvalue weighted by molar-refractivity contribution is 0.269. The molecule has 10 heteroatoms. The number of aromatic nitrogens is 4. The molecule has 31 heavy (non-hydrogen) atoms. The molecule has 0 aliphatic carbocycles. The summed E-state index contributed by atoms with van der Waals surface area (Å²) in [5.41, 5.74) is 7.18. The first-order valence-electron chi connectivity index (χ1n) is 10.1. The number of alkyl halides is 1. The smallest absolute Gasteiger partial charge is 0.243 e. The maximum Gasteiger partial charge on any atom is 0.243 e. The molecule has 0 aromatic carbocycles. The van der Waals surface area contributed by atoms with Crippen molar-refractivity contribution in [3.63, 3.8) is 0 Å². The predicted molar refractivity (Wildman–Crippen MR) is 129 cm³/mol. The van der Waals surface area contributed by atoms with Crippen molar-refractivity contribution < 1.29 is 4.39 Å². The Kier molecular flexibility index (Phi) is 6.64. The Balaban J connectivity index is 1.48. The summed E-state index contributed by atoms with van der Waals surface area (Å²) in [4.78, 5) is 14.9. The fourth-order valence-corrected chi connectivity index (χ4v) is 4.03. The van der Waals surface area contributed by atoms with Gasteiger partial charge in [0, 0.05) is 46.6 Å². The number of aliphatic imine (C=N–C) groups is 1. The summed E-state index contributed by atoms with van der Waals surface area (Å²) in [7, 11) is 0. The van der Waals surface area contributed by atoms with Gasteiger partial charge in [-0.25, -0.2) is 14.5 Å². The Hall–Kier alpha value is -2.76. The lowest BCUT2D eigenvalue weighted by atomic mass is 10.1. The largest absolute Gasteiger partial charge is 0.390 e. The quantitative estimate of drug-likeness (QED) is 0.165. The van der Waals surface area contributed by atoms with E-state index in [1.807, 2.05) is 12.1 Å². The van der Waals surface area contributed by atoms with Gasteiger partial charge in [0.15, 0.2) is 5.65 Å². The molecule has 0 amide bonds. The summed E-state index contributed by atoms with van der Waals surface area (Å²) in [5, 5.41) is 7.96. The van der Waals surface area contributed by atoms with Gasteiger partial charge in [-0.2, -0.15) is 9.37 Å². The van der Waals surface area contributed by atoms with Crippen molar-refractivity contribution in [1.82, 2.24) is 24.5 Å². The molecule has 3 aromatic rings. The van der Waals surface area contributed by atoms with Crippen molar-refractivity contribution in [2.24, 2.45) is 10.7 Å². The topological polar surface area (TPSA) is 96.7 Å². The summed E-state index contributed by atoms with van der Waals surface area (Å²) >= 11 is 2.35. The second-order valence-electron chi connectivity index (χ2n) is 7.35. The van der Waals surface area contributed by atoms with E-state index in [2.05, 4.69) is 65.9 Å². The fraction of sp³-hybridized carbons (Fsp3) is 0.333. The molecule has 0 spiro atoms. The van der Waals surface area contributed by atoms with Crippen molar-refractivity contribution in [2.45, 2.75) is 29.7 Å². The van der Waals surface area contributed by atoms with Gasteiger partial charge in [-0.1, -0.05) is 22.6 Å². The molecule has 4 rings (SSSR count). The van der Waals surface area contributed by atoms with Crippen LogP contribution in [0.4, 0.5) is 10.3 Å². The number of likely N-dealkylation sites (tertiary alicyclic amines) is 1.